The fourth-order valence-electron chi connectivity index (χ4n) is 1.94. The molecular weight excluding hydrogens is 336 g/mol. The smallest absolute Gasteiger partial charge is 0.327 e. The minimum atomic E-state index is -1.19. The van der Waals surface area contributed by atoms with Crippen LogP contribution in [0.5, 0.6) is 0 Å². The first-order chi connectivity index (χ1) is 11.3. The lowest BCUT2D eigenvalue weighted by molar-refractivity contribution is -0.140. The Morgan fingerprint density at radius 3 is 2.29 bits per heavy atom. The number of hydrogen-bond donors (Lipinski definition) is 3. The van der Waals surface area contributed by atoms with E-state index in [-0.39, 0.29) is 23.7 Å². The van der Waals surface area contributed by atoms with E-state index in [4.69, 9.17) is 10.2 Å². The molecule has 1 heterocycles. The van der Waals surface area contributed by atoms with E-state index in [1.807, 2.05) is 0 Å². The number of amides is 1. The summed E-state index contributed by atoms with van der Waals surface area (Å²) in [5, 5.41) is 20.3. The summed E-state index contributed by atoms with van der Waals surface area (Å²) in [7, 11) is 0. The fraction of sp³-hybridized carbons (Fsp3) is 0.400. The van der Waals surface area contributed by atoms with Gasteiger partial charge < -0.3 is 15.5 Å². The molecular formula is C15H18N2O6S. The summed E-state index contributed by atoms with van der Waals surface area (Å²) in [6.45, 7) is 1.21. The Bertz CT molecular complexity index is 607. The van der Waals surface area contributed by atoms with Gasteiger partial charge in [-0.1, -0.05) is 0 Å². The molecule has 0 bridgehead atoms. The van der Waals surface area contributed by atoms with Crippen LogP contribution in [0.4, 0.5) is 0 Å². The van der Waals surface area contributed by atoms with E-state index in [2.05, 4.69) is 10.3 Å². The lowest BCUT2D eigenvalue weighted by Gasteiger charge is -2.16. The molecule has 0 spiro atoms. The molecule has 0 aliphatic heterocycles. The second-order valence-electron chi connectivity index (χ2n) is 5.02. The number of aromatic nitrogens is 1. The monoisotopic (exact) mass is 354 g/mol. The molecule has 1 aromatic rings. The van der Waals surface area contributed by atoms with Crippen LogP contribution >= 0.6 is 11.8 Å². The molecule has 0 saturated carbocycles. The average molecular weight is 354 g/mol. The number of carbonyl (C=O) groups excluding carboxylic acids is 2. The van der Waals surface area contributed by atoms with Crippen LogP contribution in [0.2, 0.25) is 0 Å². The Hall–Kier alpha value is -2.42. The Morgan fingerprint density at radius 2 is 1.79 bits per heavy atom. The van der Waals surface area contributed by atoms with Crippen LogP contribution in [0.1, 0.15) is 23.7 Å². The molecule has 130 valence electrons. The van der Waals surface area contributed by atoms with E-state index in [9.17, 15) is 19.2 Å². The molecule has 0 saturated heterocycles. The molecule has 0 fully saturated rings. The van der Waals surface area contributed by atoms with Crippen molar-refractivity contribution in [2.45, 2.75) is 19.4 Å². The number of pyridine rings is 1. The lowest BCUT2D eigenvalue weighted by Crippen LogP contribution is -2.41. The second kappa shape index (κ2) is 9.66. The number of carbonyl (C=O) groups is 4. The third-order valence-electron chi connectivity index (χ3n) is 3.04. The first kappa shape index (κ1) is 19.6. The molecule has 8 nitrogen and oxygen atoms in total. The van der Waals surface area contributed by atoms with Gasteiger partial charge in [0.05, 0.1) is 6.42 Å². The summed E-state index contributed by atoms with van der Waals surface area (Å²) in [4.78, 5) is 49.2. The Kier molecular flexibility index (Phi) is 7.90. The molecule has 1 amide bonds. The number of thioether (sulfide) groups is 1. The zero-order chi connectivity index (χ0) is 18.1. The maximum Gasteiger partial charge on any atom is 0.327 e. The SMILES string of the molecule is CC(=O)N[C@@H](CSCC(CC(=O)O)C(=O)c1ccncc1)C(=O)O. The molecule has 9 heteroatoms. The maximum absolute atomic E-state index is 12.4. The number of ketones is 1. The lowest BCUT2D eigenvalue weighted by atomic mass is 9.97. The molecule has 0 aromatic carbocycles. The van der Waals surface area contributed by atoms with E-state index in [0.29, 0.717) is 5.56 Å². The van der Waals surface area contributed by atoms with Crippen molar-refractivity contribution in [2.75, 3.05) is 11.5 Å². The summed E-state index contributed by atoms with van der Waals surface area (Å²) >= 11 is 1.11. The van der Waals surface area contributed by atoms with Crippen molar-refractivity contribution >= 4 is 35.4 Å². The van der Waals surface area contributed by atoms with Gasteiger partial charge in [0, 0.05) is 42.3 Å². The van der Waals surface area contributed by atoms with Crippen molar-refractivity contribution in [1.82, 2.24) is 10.3 Å². The normalized spacial score (nSPS) is 12.9. The van der Waals surface area contributed by atoms with E-state index >= 15 is 0 Å². The fourth-order valence-corrected chi connectivity index (χ4v) is 3.09. The molecule has 24 heavy (non-hydrogen) atoms. The van der Waals surface area contributed by atoms with E-state index < -0.39 is 29.8 Å². The third kappa shape index (κ3) is 6.78. The number of carboxylic acid groups (broad SMARTS) is 2. The van der Waals surface area contributed by atoms with E-state index in [1.54, 1.807) is 0 Å². The minimum Gasteiger partial charge on any atom is -0.481 e. The highest BCUT2D eigenvalue weighted by Gasteiger charge is 2.25. The number of nitrogens with one attached hydrogen (secondary N) is 1. The Morgan fingerprint density at radius 1 is 1.17 bits per heavy atom. The average Bonchev–Trinajstić information content (AvgIpc) is 2.52. The first-order valence-corrected chi connectivity index (χ1v) is 8.20. The van der Waals surface area contributed by atoms with Gasteiger partial charge in [-0.25, -0.2) is 4.79 Å². The van der Waals surface area contributed by atoms with E-state index in [0.717, 1.165) is 11.8 Å². The van der Waals surface area contributed by atoms with Crippen molar-refractivity contribution in [3.63, 3.8) is 0 Å². The molecule has 1 unspecified atom stereocenters. The quantitative estimate of drug-likeness (QED) is 0.522. The van der Waals surface area contributed by atoms with Crippen LogP contribution in [-0.2, 0) is 14.4 Å². The van der Waals surface area contributed by atoms with Gasteiger partial charge in [0.25, 0.3) is 0 Å². The topological polar surface area (TPSA) is 134 Å². The van der Waals surface area contributed by atoms with Gasteiger partial charge >= 0.3 is 11.9 Å². The van der Waals surface area contributed by atoms with Gasteiger partial charge in [-0.05, 0) is 12.1 Å². The highest BCUT2D eigenvalue weighted by molar-refractivity contribution is 7.99. The zero-order valence-electron chi connectivity index (χ0n) is 13.0. The number of hydrogen-bond acceptors (Lipinski definition) is 6. The van der Waals surface area contributed by atoms with Crippen LogP contribution in [0, 0.1) is 5.92 Å². The van der Waals surface area contributed by atoms with Crippen molar-refractivity contribution in [3.05, 3.63) is 30.1 Å². The summed E-state index contributed by atoms with van der Waals surface area (Å²) in [6, 6.07) is 1.91. The van der Waals surface area contributed by atoms with Gasteiger partial charge in [-0.15, -0.1) is 0 Å². The summed E-state index contributed by atoms with van der Waals surface area (Å²) < 4.78 is 0. The van der Waals surface area contributed by atoms with E-state index in [1.165, 1.54) is 31.5 Å². The van der Waals surface area contributed by atoms with Crippen molar-refractivity contribution in [2.24, 2.45) is 5.92 Å². The predicted octanol–water partition coefficient (Wildman–Crippen LogP) is 0.678. The minimum absolute atomic E-state index is 0.0364. The summed E-state index contributed by atoms with van der Waals surface area (Å²) in [6.07, 6.45) is 2.52. The van der Waals surface area contributed by atoms with Crippen molar-refractivity contribution in [1.29, 1.82) is 0 Å². The molecule has 1 aromatic heterocycles. The van der Waals surface area contributed by atoms with Crippen LogP contribution < -0.4 is 5.32 Å². The van der Waals surface area contributed by atoms with Crippen LogP contribution in [0.3, 0.4) is 0 Å². The van der Waals surface area contributed by atoms with Crippen LogP contribution in [0.25, 0.3) is 0 Å². The number of aliphatic carboxylic acids is 2. The molecule has 2 atom stereocenters. The molecule has 1 rings (SSSR count). The Labute approximate surface area is 142 Å². The highest BCUT2D eigenvalue weighted by atomic mass is 32.2. The molecule has 0 aliphatic rings. The van der Waals surface area contributed by atoms with Gasteiger partial charge in [-0.2, -0.15) is 11.8 Å². The van der Waals surface area contributed by atoms with Crippen molar-refractivity contribution in [3.8, 4) is 0 Å². The van der Waals surface area contributed by atoms with Gasteiger partial charge in [0.15, 0.2) is 5.78 Å². The highest BCUT2D eigenvalue weighted by Crippen LogP contribution is 2.19. The summed E-state index contributed by atoms with van der Waals surface area (Å²) in [5.41, 5.74) is 0.355. The number of carboxylic acids is 2. The van der Waals surface area contributed by atoms with Gasteiger partial charge in [-0.3, -0.25) is 19.4 Å². The van der Waals surface area contributed by atoms with Crippen LogP contribution in [-0.4, -0.2) is 56.4 Å². The van der Waals surface area contributed by atoms with Gasteiger partial charge in [0.2, 0.25) is 5.91 Å². The van der Waals surface area contributed by atoms with Crippen LogP contribution in [0.15, 0.2) is 24.5 Å². The summed E-state index contributed by atoms with van der Waals surface area (Å²) in [5.74, 6) is -3.73. The van der Waals surface area contributed by atoms with Crippen molar-refractivity contribution < 1.29 is 29.4 Å². The largest absolute Gasteiger partial charge is 0.481 e. The molecule has 3 N–H and O–H groups in total. The first-order valence-electron chi connectivity index (χ1n) is 7.05. The van der Waals surface area contributed by atoms with Gasteiger partial charge in [0.1, 0.15) is 6.04 Å². The maximum atomic E-state index is 12.4. The second-order valence-corrected chi connectivity index (χ2v) is 6.10. The Balaban J connectivity index is 2.69. The third-order valence-corrected chi connectivity index (χ3v) is 4.24. The number of nitrogens with zero attached hydrogens (tertiary/aromatic N) is 1. The molecule has 0 radical (unpaired) electrons. The number of Topliss-reactive ketones (excluding diaryl/α,β-unsaturated/α-hetero) is 1. The molecule has 0 aliphatic carbocycles. The standard InChI is InChI=1S/C15H18N2O6S/c1-9(18)17-12(15(22)23)8-24-7-11(6-13(19)20)14(21)10-2-4-16-5-3-10/h2-5,11-12H,6-8H2,1H3,(H,17,18)(H,19,20)(H,22,23)/t11?,12-/m0/s1. The predicted molar refractivity (Wildman–Crippen MR) is 86.9 cm³/mol. The number of rotatable bonds is 10. The zero-order valence-corrected chi connectivity index (χ0v) is 13.8.